The summed E-state index contributed by atoms with van der Waals surface area (Å²) in [6, 6.07) is 6.68. The molecule has 0 unspecified atom stereocenters. The van der Waals surface area contributed by atoms with Crippen LogP contribution < -0.4 is 5.32 Å². The molecule has 0 saturated heterocycles. The molecule has 1 heterocycles. The van der Waals surface area contributed by atoms with Crippen LogP contribution in [0.4, 0.5) is 0 Å². The smallest absolute Gasteiger partial charge is 0.262 e. The lowest BCUT2D eigenvalue weighted by atomic mass is 9.89. The van der Waals surface area contributed by atoms with Crippen LogP contribution in [-0.2, 0) is 4.79 Å². The van der Waals surface area contributed by atoms with Crippen molar-refractivity contribution in [1.29, 1.82) is 0 Å². The zero-order valence-electron chi connectivity index (χ0n) is 12.5. The number of carbonyl (C=O) groups excluding carboxylic acids is 3. The molecule has 1 aliphatic carbocycles. The number of nitrogens with one attached hydrogen (secondary N) is 1. The molecular formula is C17H20N2O3. The minimum absolute atomic E-state index is 0.195. The first kappa shape index (κ1) is 14.8. The summed E-state index contributed by atoms with van der Waals surface area (Å²) in [6.45, 7) is 0.446. The molecule has 1 fully saturated rings. The minimum atomic E-state index is -0.381. The van der Waals surface area contributed by atoms with Crippen molar-refractivity contribution in [1.82, 2.24) is 10.2 Å². The molecule has 116 valence electrons. The summed E-state index contributed by atoms with van der Waals surface area (Å²) in [5.74, 6) is -0.498. The number of nitrogens with zero attached hydrogens (tertiary/aromatic N) is 1. The van der Waals surface area contributed by atoms with Crippen molar-refractivity contribution in [2.24, 2.45) is 5.92 Å². The van der Waals surface area contributed by atoms with Gasteiger partial charge < -0.3 is 5.32 Å². The summed E-state index contributed by atoms with van der Waals surface area (Å²) < 4.78 is 0. The van der Waals surface area contributed by atoms with Crippen LogP contribution >= 0.6 is 0 Å². The van der Waals surface area contributed by atoms with Crippen LogP contribution in [-0.4, -0.2) is 35.7 Å². The highest BCUT2D eigenvalue weighted by Gasteiger charge is 2.36. The monoisotopic (exact) mass is 300 g/mol. The number of hydrogen-bond acceptors (Lipinski definition) is 3. The third-order valence-electron chi connectivity index (χ3n) is 4.49. The lowest BCUT2D eigenvalue weighted by molar-refractivity contribution is -0.121. The second kappa shape index (κ2) is 6.30. The van der Waals surface area contributed by atoms with Gasteiger partial charge in [0.25, 0.3) is 11.8 Å². The average molecular weight is 300 g/mol. The Kier molecular flexibility index (Phi) is 4.22. The number of carbonyl (C=O) groups is 3. The first-order chi connectivity index (χ1) is 10.7. The molecule has 0 radical (unpaired) electrons. The van der Waals surface area contributed by atoms with E-state index in [0.717, 1.165) is 17.7 Å². The van der Waals surface area contributed by atoms with Gasteiger partial charge >= 0.3 is 0 Å². The lowest BCUT2D eigenvalue weighted by Crippen LogP contribution is -2.41. The summed E-state index contributed by atoms with van der Waals surface area (Å²) in [5, 5.41) is 2.86. The molecule has 0 aromatic heterocycles. The largest absolute Gasteiger partial charge is 0.354 e. The van der Waals surface area contributed by atoms with Gasteiger partial charge in [0.1, 0.15) is 6.54 Å². The Bertz CT molecular complexity index is 571. The highest BCUT2D eigenvalue weighted by Crippen LogP contribution is 2.23. The van der Waals surface area contributed by atoms with Crippen LogP contribution in [0.25, 0.3) is 0 Å². The number of fused-ring (bicyclic) bond motifs is 1. The standard InChI is InChI=1S/C17H20N2O3/c20-15(18-10-12-6-2-1-3-7-12)11-19-16(21)13-8-4-5-9-14(13)17(19)22/h4-5,8-9,12H,1-3,6-7,10-11H2,(H,18,20). The first-order valence-corrected chi connectivity index (χ1v) is 7.89. The van der Waals surface area contributed by atoms with Crippen LogP contribution in [0.3, 0.4) is 0 Å². The molecule has 1 N–H and O–H groups in total. The fraction of sp³-hybridized carbons (Fsp3) is 0.471. The summed E-state index contributed by atoms with van der Waals surface area (Å²) >= 11 is 0. The second-order valence-electron chi connectivity index (χ2n) is 6.05. The van der Waals surface area contributed by atoms with Crippen molar-refractivity contribution in [3.8, 4) is 0 Å². The van der Waals surface area contributed by atoms with Gasteiger partial charge in [-0.25, -0.2) is 0 Å². The maximum atomic E-state index is 12.2. The Balaban J connectivity index is 1.56. The minimum Gasteiger partial charge on any atom is -0.354 e. The molecule has 1 aromatic rings. The van der Waals surface area contributed by atoms with Crippen molar-refractivity contribution >= 4 is 17.7 Å². The van der Waals surface area contributed by atoms with Crippen molar-refractivity contribution in [3.63, 3.8) is 0 Å². The molecule has 1 aliphatic heterocycles. The molecule has 1 saturated carbocycles. The molecule has 22 heavy (non-hydrogen) atoms. The lowest BCUT2D eigenvalue weighted by Gasteiger charge is -2.22. The van der Waals surface area contributed by atoms with E-state index in [0.29, 0.717) is 23.6 Å². The fourth-order valence-electron chi connectivity index (χ4n) is 3.23. The number of benzene rings is 1. The van der Waals surface area contributed by atoms with Crippen molar-refractivity contribution in [2.45, 2.75) is 32.1 Å². The van der Waals surface area contributed by atoms with Crippen LogP contribution in [0.5, 0.6) is 0 Å². The Labute approximate surface area is 129 Å². The van der Waals surface area contributed by atoms with E-state index in [1.54, 1.807) is 24.3 Å². The first-order valence-electron chi connectivity index (χ1n) is 7.89. The molecule has 1 aromatic carbocycles. The Morgan fingerprint density at radius 1 is 1.05 bits per heavy atom. The molecule has 3 amide bonds. The van der Waals surface area contributed by atoms with Crippen LogP contribution in [0.1, 0.15) is 52.8 Å². The van der Waals surface area contributed by atoms with Gasteiger partial charge in [0.2, 0.25) is 5.91 Å². The number of amides is 3. The Morgan fingerprint density at radius 2 is 1.64 bits per heavy atom. The zero-order valence-corrected chi connectivity index (χ0v) is 12.5. The predicted octanol–water partition coefficient (Wildman–Crippen LogP) is 1.98. The molecule has 2 aliphatic rings. The van der Waals surface area contributed by atoms with Gasteiger partial charge in [0, 0.05) is 6.54 Å². The van der Waals surface area contributed by atoms with E-state index in [2.05, 4.69) is 5.32 Å². The van der Waals surface area contributed by atoms with Crippen molar-refractivity contribution in [2.75, 3.05) is 13.1 Å². The van der Waals surface area contributed by atoms with Gasteiger partial charge in [-0.05, 0) is 30.9 Å². The van der Waals surface area contributed by atoms with Gasteiger partial charge in [-0.2, -0.15) is 0 Å². The summed E-state index contributed by atoms with van der Waals surface area (Å²) in [4.78, 5) is 37.4. The highest BCUT2D eigenvalue weighted by molar-refractivity contribution is 6.22. The van der Waals surface area contributed by atoms with Crippen LogP contribution in [0.2, 0.25) is 0 Å². The molecule has 0 spiro atoms. The maximum absolute atomic E-state index is 12.2. The summed E-state index contributed by atoms with van der Waals surface area (Å²) in [6.07, 6.45) is 6.01. The van der Waals surface area contributed by atoms with E-state index in [9.17, 15) is 14.4 Å². The van der Waals surface area contributed by atoms with Gasteiger partial charge in [-0.3, -0.25) is 19.3 Å². The molecule has 5 heteroatoms. The average Bonchev–Trinajstić information content (AvgIpc) is 2.79. The van der Waals surface area contributed by atoms with Gasteiger partial charge in [0.15, 0.2) is 0 Å². The molecule has 0 atom stereocenters. The van der Waals surface area contributed by atoms with E-state index < -0.39 is 0 Å². The fourth-order valence-corrected chi connectivity index (χ4v) is 3.23. The SMILES string of the molecule is O=C(CN1C(=O)c2ccccc2C1=O)NCC1CCCCC1. The maximum Gasteiger partial charge on any atom is 0.262 e. The van der Waals surface area contributed by atoms with Crippen molar-refractivity contribution < 1.29 is 14.4 Å². The third-order valence-corrected chi connectivity index (χ3v) is 4.49. The number of hydrogen-bond donors (Lipinski definition) is 1. The van der Waals surface area contributed by atoms with Gasteiger partial charge in [-0.15, -0.1) is 0 Å². The summed E-state index contributed by atoms with van der Waals surface area (Å²) in [7, 11) is 0. The van der Waals surface area contributed by atoms with Crippen LogP contribution in [0.15, 0.2) is 24.3 Å². The van der Waals surface area contributed by atoms with E-state index in [1.165, 1.54) is 19.3 Å². The second-order valence-corrected chi connectivity index (χ2v) is 6.05. The van der Waals surface area contributed by atoms with E-state index in [-0.39, 0.29) is 24.3 Å². The van der Waals surface area contributed by atoms with Gasteiger partial charge in [-0.1, -0.05) is 31.4 Å². The van der Waals surface area contributed by atoms with E-state index in [1.807, 2.05) is 0 Å². The zero-order chi connectivity index (χ0) is 15.5. The number of imide groups is 1. The predicted molar refractivity (Wildman–Crippen MR) is 81.4 cm³/mol. The quantitative estimate of drug-likeness (QED) is 0.865. The molecule has 3 rings (SSSR count). The van der Waals surface area contributed by atoms with Gasteiger partial charge in [0.05, 0.1) is 11.1 Å². The van der Waals surface area contributed by atoms with Crippen molar-refractivity contribution in [3.05, 3.63) is 35.4 Å². The normalized spacial score (nSPS) is 18.5. The highest BCUT2D eigenvalue weighted by atomic mass is 16.2. The molecule has 0 bridgehead atoms. The molecule has 5 nitrogen and oxygen atoms in total. The topological polar surface area (TPSA) is 66.5 Å². The Morgan fingerprint density at radius 3 is 2.23 bits per heavy atom. The Hall–Kier alpha value is -2.17. The van der Waals surface area contributed by atoms with E-state index in [4.69, 9.17) is 0 Å². The molecular weight excluding hydrogens is 280 g/mol. The number of rotatable bonds is 4. The third kappa shape index (κ3) is 2.89. The van der Waals surface area contributed by atoms with Crippen LogP contribution in [0, 0.1) is 5.92 Å². The summed E-state index contributed by atoms with van der Waals surface area (Å²) in [5.41, 5.74) is 0.764. The van der Waals surface area contributed by atoms with E-state index >= 15 is 0 Å².